The molecule has 35 heavy (non-hydrogen) atoms. The summed E-state index contributed by atoms with van der Waals surface area (Å²) in [6.45, 7) is 13.6. The summed E-state index contributed by atoms with van der Waals surface area (Å²) in [4.78, 5) is 52.2. The third-order valence-corrected chi connectivity index (χ3v) is 6.29. The highest BCUT2D eigenvalue weighted by Gasteiger charge is 2.39. The number of ketones is 3. The van der Waals surface area contributed by atoms with Gasteiger partial charge in [0.25, 0.3) is 0 Å². The Balaban J connectivity index is 3.13. The zero-order valence-electron chi connectivity index (χ0n) is 22.8. The van der Waals surface area contributed by atoms with E-state index >= 15 is 0 Å². The maximum atomic E-state index is 13.3. The molecule has 1 heterocycles. The van der Waals surface area contributed by atoms with Gasteiger partial charge in [-0.15, -0.1) is 0 Å². The first-order valence-corrected chi connectivity index (χ1v) is 12.3. The van der Waals surface area contributed by atoms with Crippen molar-refractivity contribution in [3.8, 4) is 0 Å². The highest BCUT2D eigenvalue weighted by Crippen LogP contribution is 2.30. The first-order chi connectivity index (χ1) is 16.1. The molecule has 0 saturated heterocycles. The van der Waals surface area contributed by atoms with Gasteiger partial charge < -0.3 is 19.5 Å². The van der Waals surface area contributed by atoms with E-state index in [1.54, 1.807) is 53.9 Å². The van der Waals surface area contributed by atoms with Crippen LogP contribution in [0.4, 0.5) is 0 Å². The van der Waals surface area contributed by atoms with Crippen LogP contribution in [0.3, 0.4) is 0 Å². The van der Waals surface area contributed by atoms with E-state index in [4.69, 9.17) is 14.2 Å². The second kappa shape index (κ2) is 13.4. The Labute approximate surface area is 210 Å². The van der Waals surface area contributed by atoms with Crippen molar-refractivity contribution >= 4 is 23.3 Å². The fourth-order valence-electron chi connectivity index (χ4n) is 3.85. The van der Waals surface area contributed by atoms with Crippen molar-refractivity contribution in [1.82, 2.24) is 5.32 Å². The van der Waals surface area contributed by atoms with Crippen LogP contribution in [0, 0.1) is 22.7 Å². The fourth-order valence-corrected chi connectivity index (χ4v) is 3.85. The van der Waals surface area contributed by atoms with Crippen molar-refractivity contribution in [2.75, 3.05) is 40.1 Å². The Bertz CT molecular complexity index is 782. The van der Waals surface area contributed by atoms with Gasteiger partial charge in [0.2, 0.25) is 5.91 Å². The van der Waals surface area contributed by atoms with Gasteiger partial charge in [0, 0.05) is 37.7 Å². The maximum absolute atomic E-state index is 13.3. The molecule has 0 aromatic rings. The van der Waals surface area contributed by atoms with Crippen LogP contribution in [-0.2, 0) is 33.4 Å². The standard InChI is InChI=1S/C27H45NO7/c1-19-16-34-11-9-10-12-35-17-20(21(29)14-25(2,3)18-33-8)13-22(30)26(4,5)15-23(31)27(6,7)28-24(19)32/h9-10,19-20H,11-18H2,1-8H3,(H,28,32)/b10-9+/t19-,20-/m0/s1. The minimum absolute atomic E-state index is 0.0151. The number of rotatable bonds is 5. The minimum Gasteiger partial charge on any atom is -0.384 e. The molecule has 1 N–H and O–H groups in total. The van der Waals surface area contributed by atoms with Gasteiger partial charge in [-0.05, 0) is 19.3 Å². The summed E-state index contributed by atoms with van der Waals surface area (Å²) in [5.74, 6) is -1.84. The molecule has 0 unspecified atom stereocenters. The van der Waals surface area contributed by atoms with Gasteiger partial charge in [0.1, 0.15) is 11.6 Å². The van der Waals surface area contributed by atoms with Crippen LogP contribution in [0.5, 0.6) is 0 Å². The van der Waals surface area contributed by atoms with E-state index < -0.39 is 22.8 Å². The third-order valence-electron chi connectivity index (χ3n) is 6.29. The van der Waals surface area contributed by atoms with Crippen molar-refractivity contribution < 1.29 is 33.4 Å². The minimum atomic E-state index is -1.14. The summed E-state index contributed by atoms with van der Waals surface area (Å²) >= 11 is 0. The molecule has 0 saturated carbocycles. The quantitative estimate of drug-likeness (QED) is 0.583. The van der Waals surface area contributed by atoms with E-state index in [1.807, 2.05) is 13.8 Å². The number of ether oxygens (including phenoxy) is 3. The van der Waals surface area contributed by atoms with Gasteiger partial charge in [-0.2, -0.15) is 0 Å². The Morgan fingerprint density at radius 1 is 1.06 bits per heavy atom. The zero-order chi connectivity index (χ0) is 26.9. The first kappa shape index (κ1) is 31.1. The normalized spacial score (nSPS) is 26.3. The Hall–Kier alpha value is -1.90. The molecule has 200 valence electrons. The summed E-state index contributed by atoms with van der Waals surface area (Å²) in [7, 11) is 1.59. The molecular weight excluding hydrogens is 450 g/mol. The number of amides is 1. The van der Waals surface area contributed by atoms with Crippen LogP contribution < -0.4 is 5.32 Å². The number of carbonyl (C=O) groups excluding carboxylic acids is 4. The van der Waals surface area contributed by atoms with Crippen LogP contribution in [-0.4, -0.2) is 68.9 Å². The Morgan fingerprint density at radius 2 is 1.63 bits per heavy atom. The van der Waals surface area contributed by atoms with Gasteiger partial charge in [0.05, 0.1) is 44.5 Å². The van der Waals surface area contributed by atoms with Gasteiger partial charge in [-0.25, -0.2) is 0 Å². The monoisotopic (exact) mass is 495 g/mol. The fraction of sp³-hybridized carbons (Fsp3) is 0.778. The van der Waals surface area contributed by atoms with Crippen molar-refractivity contribution in [1.29, 1.82) is 0 Å². The zero-order valence-corrected chi connectivity index (χ0v) is 22.8. The molecule has 1 aliphatic rings. The summed E-state index contributed by atoms with van der Waals surface area (Å²) in [6, 6.07) is 0. The largest absolute Gasteiger partial charge is 0.384 e. The SMILES string of the molecule is COCC(C)(C)CC(=O)[C@@H]1COC/C=C/COC[C@H](C)C(=O)NC(C)(C)C(=O)CC(C)(C)C(=O)C1. The van der Waals surface area contributed by atoms with E-state index in [2.05, 4.69) is 5.32 Å². The molecule has 0 aromatic carbocycles. The van der Waals surface area contributed by atoms with E-state index in [0.717, 1.165) is 0 Å². The molecule has 8 nitrogen and oxygen atoms in total. The van der Waals surface area contributed by atoms with Gasteiger partial charge in [-0.1, -0.05) is 46.8 Å². The molecule has 0 spiro atoms. The summed E-state index contributed by atoms with van der Waals surface area (Å²) < 4.78 is 16.5. The van der Waals surface area contributed by atoms with Crippen LogP contribution in [0.25, 0.3) is 0 Å². The van der Waals surface area contributed by atoms with E-state index in [-0.39, 0.29) is 67.8 Å². The van der Waals surface area contributed by atoms with Crippen LogP contribution in [0.1, 0.15) is 67.7 Å². The van der Waals surface area contributed by atoms with E-state index in [0.29, 0.717) is 13.2 Å². The second-order valence-electron chi connectivity index (χ2n) is 11.6. The first-order valence-electron chi connectivity index (χ1n) is 12.3. The number of nitrogens with one attached hydrogen (secondary N) is 1. The molecule has 8 heteroatoms. The molecule has 0 aliphatic carbocycles. The topological polar surface area (TPSA) is 108 Å². The molecule has 2 atom stereocenters. The van der Waals surface area contributed by atoms with E-state index in [9.17, 15) is 19.2 Å². The molecule has 1 rings (SSSR count). The van der Waals surface area contributed by atoms with Crippen molar-refractivity contribution in [3.63, 3.8) is 0 Å². The van der Waals surface area contributed by atoms with Crippen molar-refractivity contribution in [2.45, 2.75) is 73.3 Å². The number of hydrogen-bond donors (Lipinski definition) is 1. The number of carbonyl (C=O) groups is 4. The average Bonchev–Trinajstić information content (AvgIpc) is 2.72. The highest BCUT2D eigenvalue weighted by atomic mass is 16.5. The third kappa shape index (κ3) is 10.7. The lowest BCUT2D eigenvalue weighted by Crippen LogP contribution is -2.53. The molecular formula is C27H45NO7. The lowest BCUT2D eigenvalue weighted by Gasteiger charge is -2.32. The number of methoxy groups -OCH3 is 1. The summed E-state index contributed by atoms with van der Waals surface area (Å²) in [5.41, 5.74) is -2.51. The number of Topliss-reactive ketones (excluding diaryl/α,β-unsaturated/α-hetero) is 3. The summed E-state index contributed by atoms with van der Waals surface area (Å²) in [6.07, 6.45) is 3.76. The van der Waals surface area contributed by atoms with Gasteiger partial charge in [0.15, 0.2) is 5.78 Å². The predicted molar refractivity (Wildman–Crippen MR) is 134 cm³/mol. The maximum Gasteiger partial charge on any atom is 0.225 e. The molecule has 0 bridgehead atoms. The highest BCUT2D eigenvalue weighted by molar-refractivity contribution is 5.98. The Morgan fingerprint density at radius 3 is 2.20 bits per heavy atom. The second-order valence-corrected chi connectivity index (χ2v) is 11.6. The van der Waals surface area contributed by atoms with Crippen molar-refractivity contribution in [3.05, 3.63) is 12.2 Å². The Kier molecular flexibility index (Phi) is 11.9. The van der Waals surface area contributed by atoms with Gasteiger partial charge in [-0.3, -0.25) is 19.2 Å². The average molecular weight is 496 g/mol. The lowest BCUT2D eigenvalue weighted by molar-refractivity contribution is -0.139. The molecule has 1 amide bonds. The van der Waals surface area contributed by atoms with Crippen LogP contribution >= 0.6 is 0 Å². The van der Waals surface area contributed by atoms with Crippen LogP contribution in [0.2, 0.25) is 0 Å². The molecule has 0 radical (unpaired) electrons. The van der Waals surface area contributed by atoms with E-state index in [1.165, 1.54) is 0 Å². The summed E-state index contributed by atoms with van der Waals surface area (Å²) in [5, 5.41) is 2.79. The van der Waals surface area contributed by atoms with Gasteiger partial charge >= 0.3 is 0 Å². The smallest absolute Gasteiger partial charge is 0.225 e. The van der Waals surface area contributed by atoms with Crippen LogP contribution in [0.15, 0.2) is 12.2 Å². The molecule has 0 fully saturated rings. The predicted octanol–water partition coefficient (Wildman–Crippen LogP) is 3.31. The number of hydrogen-bond acceptors (Lipinski definition) is 7. The van der Waals surface area contributed by atoms with Crippen molar-refractivity contribution in [2.24, 2.45) is 22.7 Å². The molecule has 1 aliphatic heterocycles. The lowest BCUT2D eigenvalue weighted by atomic mass is 9.75. The molecule has 0 aromatic heterocycles.